The Hall–Kier alpha value is -3.37. The fraction of sp³-hybridized carbons (Fsp3) is 0.417. The van der Waals surface area contributed by atoms with Crippen LogP contribution in [0.1, 0.15) is 44.5 Å². The first-order valence-corrected chi connectivity index (χ1v) is 11.5. The molecule has 0 amide bonds. The second kappa shape index (κ2) is 9.11. The van der Waals surface area contributed by atoms with E-state index in [-0.39, 0.29) is 17.3 Å². The SMILES string of the molecule is CC(C)(C)c1nc(CNCc2ccc(-c3ccnc4[nH]nc(N[C@@H]5CCNC5)c34)c(F)c2)no1. The second-order valence-corrected chi connectivity index (χ2v) is 9.67. The van der Waals surface area contributed by atoms with E-state index in [9.17, 15) is 0 Å². The van der Waals surface area contributed by atoms with E-state index in [1.54, 1.807) is 18.3 Å². The smallest absolute Gasteiger partial charge is 0.232 e. The van der Waals surface area contributed by atoms with E-state index < -0.39 is 0 Å². The number of H-pyrrole nitrogens is 1. The van der Waals surface area contributed by atoms with E-state index >= 15 is 4.39 Å². The standard InChI is InChI=1S/C24H29FN8O/c1-24(2,3)23-30-19(33-34-23)13-27-11-14-4-5-16(18(25)10-14)17-7-9-28-21-20(17)22(32-31-21)29-15-6-8-26-12-15/h4-5,7,9-10,15,26-27H,6,8,11-13H2,1-3H3,(H2,28,29,31,32)/t15-/m1/s1. The molecule has 1 aromatic carbocycles. The van der Waals surface area contributed by atoms with Crippen LogP contribution in [0, 0.1) is 5.82 Å². The molecule has 178 valence electrons. The molecule has 4 aromatic rings. The molecule has 34 heavy (non-hydrogen) atoms. The summed E-state index contributed by atoms with van der Waals surface area (Å²) in [5, 5.41) is 22.2. The van der Waals surface area contributed by atoms with Crippen LogP contribution in [0.15, 0.2) is 35.0 Å². The van der Waals surface area contributed by atoms with Crippen molar-refractivity contribution in [1.29, 1.82) is 0 Å². The summed E-state index contributed by atoms with van der Waals surface area (Å²) < 4.78 is 20.6. The highest BCUT2D eigenvalue weighted by Crippen LogP contribution is 2.34. The highest BCUT2D eigenvalue weighted by molar-refractivity contribution is 6.00. The summed E-state index contributed by atoms with van der Waals surface area (Å²) in [7, 11) is 0. The number of benzene rings is 1. The van der Waals surface area contributed by atoms with E-state index in [2.05, 4.69) is 41.3 Å². The highest BCUT2D eigenvalue weighted by atomic mass is 19.1. The topological polar surface area (TPSA) is 117 Å². The molecule has 4 heterocycles. The fourth-order valence-electron chi connectivity index (χ4n) is 4.09. The Labute approximate surface area is 196 Å². The summed E-state index contributed by atoms with van der Waals surface area (Å²) in [5.74, 6) is 1.59. The van der Waals surface area contributed by atoms with Crippen molar-refractivity contribution in [2.45, 2.75) is 51.7 Å². The molecule has 9 nitrogen and oxygen atoms in total. The number of halogens is 1. The first kappa shape index (κ1) is 22.4. The third-order valence-electron chi connectivity index (χ3n) is 5.91. The van der Waals surface area contributed by atoms with Crippen molar-refractivity contribution >= 4 is 16.9 Å². The number of anilines is 1. The average molecular weight is 465 g/mol. The van der Waals surface area contributed by atoms with Gasteiger partial charge in [0.1, 0.15) is 5.82 Å². The predicted molar refractivity (Wildman–Crippen MR) is 128 cm³/mol. The average Bonchev–Trinajstić information content (AvgIpc) is 3.55. The van der Waals surface area contributed by atoms with Gasteiger partial charge in [0.15, 0.2) is 17.3 Å². The van der Waals surface area contributed by atoms with E-state index in [1.165, 1.54) is 0 Å². The van der Waals surface area contributed by atoms with Crippen molar-refractivity contribution in [2.75, 3.05) is 18.4 Å². The lowest BCUT2D eigenvalue weighted by atomic mass is 9.97. The number of hydrogen-bond acceptors (Lipinski definition) is 8. The van der Waals surface area contributed by atoms with Crippen molar-refractivity contribution in [3.05, 3.63) is 53.6 Å². The molecule has 4 N–H and O–H groups in total. The van der Waals surface area contributed by atoms with Crippen LogP contribution in [0.4, 0.5) is 10.2 Å². The van der Waals surface area contributed by atoms with Gasteiger partial charge in [-0.15, -0.1) is 0 Å². The zero-order valence-corrected chi connectivity index (χ0v) is 19.6. The summed E-state index contributed by atoms with van der Waals surface area (Å²) in [6.07, 6.45) is 2.68. The van der Waals surface area contributed by atoms with Gasteiger partial charge in [-0.25, -0.2) is 9.37 Å². The maximum absolute atomic E-state index is 15.2. The molecule has 0 radical (unpaired) electrons. The number of aromatic nitrogens is 5. The Morgan fingerprint density at radius 2 is 2.06 bits per heavy atom. The van der Waals surface area contributed by atoms with E-state index in [0.717, 1.165) is 36.0 Å². The number of hydrogen-bond donors (Lipinski definition) is 4. The molecule has 10 heteroatoms. The zero-order valence-electron chi connectivity index (χ0n) is 19.6. The van der Waals surface area contributed by atoms with Gasteiger partial charge in [0, 0.05) is 41.9 Å². The molecule has 0 aliphatic carbocycles. The van der Waals surface area contributed by atoms with Crippen molar-refractivity contribution < 1.29 is 8.91 Å². The minimum absolute atomic E-state index is 0.194. The highest BCUT2D eigenvalue weighted by Gasteiger charge is 2.22. The lowest BCUT2D eigenvalue weighted by Crippen LogP contribution is -2.22. The van der Waals surface area contributed by atoms with Gasteiger partial charge in [0.05, 0.1) is 11.9 Å². The van der Waals surface area contributed by atoms with Gasteiger partial charge < -0.3 is 20.5 Å². The number of rotatable bonds is 7. The molecular weight excluding hydrogens is 435 g/mol. The van der Waals surface area contributed by atoms with Crippen molar-refractivity contribution in [2.24, 2.45) is 0 Å². The molecule has 1 fully saturated rings. The van der Waals surface area contributed by atoms with Crippen LogP contribution in [-0.2, 0) is 18.5 Å². The van der Waals surface area contributed by atoms with Crippen molar-refractivity contribution in [3.63, 3.8) is 0 Å². The van der Waals surface area contributed by atoms with Crippen molar-refractivity contribution in [1.82, 2.24) is 36.0 Å². The van der Waals surface area contributed by atoms with Crippen LogP contribution in [0.2, 0.25) is 0 Å². The molecular formula is C24H29FN8O. The van der Waals surface area contributed by atoms with E-state index in [0.29, 0.717) is 41.8 Å². The number of nitrogens with zero attached hydrogens (tertiary/aromatic N) is 4. The van der Waals surface area contributed by atoms with Gasteiger partial charge in [-0.3, -0.25) is 5.10 Å². The summed E-state index contributed by atoms with van der Waals surface area (Å²) in [4.78, 5) is 8.78. The molecule has 1 aliphatic heterocycles. The fourth-order valence-corrected chi connectivity index (χ4v) is 4.09. The predicted octanol–water partition coefficient (Wildman–Crippen LogP) is 3.51. The molecule has 0 saturated carbocycles. The van der Waals surface area contributed by atoms with Crippen molar-refractivity contribution in [3.8, 4) is 11.1 Å². The maximum Gasteiger partial charge on any atom is 0.232 e. The van der Waals surface area contributed by atoms with Gasteiger partial charge in [-0.2, -0.15) is 10.1 Å². The quantitative estimate of drug-likeness (QED) is 0.328. The maximum atomic E-state index is 15.2. The molecule has 3 aromatic heterocycles. The van der Waals surface area contributed by atoms with Crippen LogP contribution in [0.25, 0.3) is 22.2 Å². The van der Waals surface area contributed by atoms with Crippen LogP contribution in [0.5, 0.6) is 0 Å². The number of aromatic amines is 1. The molecule has 1 atom stereocenters. The first-order valence-electron chi connectivity index (χ1n) is 11.5. The van der Waals surface area contributed by atoms with Gasteiger partial charge in [0.2, 0.25) is 5.89 Å². The Morgan fingerprint density at radius 3 is 2.79 bits per heavy atom. The first-order chi connectivity index (χ1) is 16.4. The third-order valence-corrected chi connectivity index (χ3v) is 5.91. The number of fused-ring (bicyclic) bond motifs is 1. The van der Waals surface area contributed by atoms with Gasteiger partial charge in [-0.1, -0.05) is 38.1 Å². The largest absolute Gasteiger partial charge is 0.364 e. The molecule has 1 saturated heterocycles. The minimum Gasteiger partial charge on any atom is -0.364 e. The molecule has 0 bridgehead atoms. The van der Waals surface area contributed by atoms with E-state index in [1.807, 2.05) is 32.9 Å². The Balaban J connectivity index is 1.32. The van der Waals surface area contributed by atoms with Crippen LogP contribution in [-0.4, -0.2) is 44.5 Å². The normalized spacial score (nSPS) is 16.4. The van der Waals surface area contributed by atoms with Gasteiger partial charge in [0.25, 0.3) is 0 Å². The lowest BCUT2D eigenvalue weighted by Gasteiger charge is -2.12. The lowest BCUT2D eigenvalue weighted by molar-refractivity contribution is 0.317. The summed E-state index contributed by atoms with van der Waals surface area (Å²) in [6.45, 7) is 8.83. The van der Waals surface area contributed by atoms with E-state index in [4.69, 9.17) is 4.52 Å². The zero-order chi connectivity index (χ0) is 23.7. The van der Waals surface area contributed by atoms with Crippen LogP contribution in [0.3, 0.4) is 0 Å². The third kappa shape index (κ3) is 4.64. The summed E-state index contributed by atoms with van der Waals surface area (Å²) >= 11 is 0. The second-order valence-electron chi connectivity index (χ2n) is 9.67. The van der Waals surface area contributed by atoms with Gasteiger partial charge in [-0.05, 0) is 30.7 Å². The number of pyridine rings is 1. The number of nitrogens with one attached hydrogen (secondary N) is 4. The van der Waals surface area contributed by atoms with Crippen LogP contribution >= 0.6 is 0 Å². The summed E-state index contributed by atoms with van der Waals surface area (Å²) in [5.41, 5.74) is 2.53. The Morgan fingerprint density at radius 1 is 1.18 bits per heavy atom. The Bertz CT molecular complexity index is 1290. The molecule has 0 spiro atoms. The molecule has 0 unspecified atom stereocenters. The molecule has 5 rings (SSSR count). The minimum atomic E-state index is -0.295. The molecule has 1 aliphatic rings. The van der Waals surface area contributed by atoms with Gasteiger partial charge >= 0.3 is 0 Å². The Kier molecular flexibility index (Phi) is 6.01. The van der Waals surface area contributed by atoms with Crippen LogP contribution < -0.4 is 16.0 Å². The monoisotopic (exact) mass is 464 g/mol. The summed E-state index contributed by atoms with van der Waals surface area (Å²) in [6, 6.07) is 7.40.